The van der Waals surface area contributed by atoms with Crippen molar-refractivity contribution >= 4 is 22.5 Å². The summed E-state index contributed by atoms with van der Waals surface area (Å²) < 4.78 is 26.3. The van der Waals surface area contributed by atoms with E-state index in [0.717, 1.165) is 44.8 Å². The fraction of sp³-hybridized carbons (Fsp3) is 0.393. The molecule has 11 heteroatoms. The summed E-state index contributed by atoms with van der Waals surface area (Å²) in [5.41, 5.74) is 3.73. The molecule has 6 rings (SSSR count). The summed E-state index contributed by atoms with van der Waals surface area (Å²) in [5.74, 6) is 0.140. The van der Waals surface area contributed by atoms with Crippen LogP contribution in [-0.2, 0) is 15.9 Å². The van der Waals surface area contributed by atoms with Gasteiger partial charge in [0.05, 0.1) is 24.7 Å². The third-order valence-corrected chi connectivity index (χ3v) is 7.36. The summed E-state index contributed by atoms with van der Waals surface area (Å²) in [7, 11) is 0. The molecule has 4 atom stereocenters. The summed E-state index contributed by atoms with van der Waals surface area (Å²) in [6.07, 6.45) is -1.41. The van der Waals surface area contributed by atoms with Gasteiger partial charge in [-0.25, -0.2) is 19.0 Å². The minimum Gasteiger partial charge on any atom is -0.388 e. The average molecular weight is 535 g/mol. The Kier molecular flexibility index (Phi) is 7.24. The van der Waals surface area contributed by atoms with Crippen molar-refractivity contribution in [2.45, 2.75) is 37.9 Å². The third kappa shape index (κ3) is 5.23. The Labute approximate surface area is 225 Å². The molecule has 0 aliphatic carbocycles. The molecular formula is C28H31FN6O4. The number of fused-ring (bicyclic) bond motifs is 1. The van der Waals surface area contributed by atoms with Crippen molar-refractivity contribution < 1.29 is 24.1 Å². The number of nitrogens with one attached hydrogen (secondary N) is 1. The molecular weight excluding hydrogens is 503 g/mol. The van der Waals surface area contributed by atoms with E-state index < -0.39 is 24.5 Å². The molecule has 2 fully saturated rings. The lowest BCUT2D eigenvalue weighted by atomic mass is 10.0. The molecule has 204 valence electrons. The maximum atomic E-state index is 13.5. The zero-order valence-corrected chi connectivity index (χ0v) is 21.6. The topological polar surface area (TPSA) is 118 Å². The molecule has 0 bridgehead atoms. The number of aromatic nitrogens is 4. The van der Waals surface area contributed by atoms with Gasteiger partial charge in [-0.05, 0) is 43.2 Å². The number of aliphatic hydroxyl groups is 2. The molecule has 2 aliphatic rings. The quantitative estimate of drug-likeness (QED) is 0.329. The van der Waals surface area contributed by atoms with E-state index in [1.165, 1.54) is 28.7 Å². The van der Waals surface area contributed by atoms with E-state index in [2.05, 4.69) is 32.3 Å². The number of morpholine rings is 1. The third-order valence-electron chi connectivity index (χ3n) is 7.36. The van der Waals surface area contributed by atoms with Crippen molar-refractivity contribution in [2.75, 3.05) is 38.2 Å². The summed E-state index contributed by atoms with van der Waals surface area (Å²) in [6.45, 7) is 6.13. The number of hydrogen-bond donors (Lipinski definition) is 3. The van der Waals surface area contributed by atoms with Gasteiger partial charge in [0.25, 0.3) is 0 Å². The van der Waals surface area contributed by atoms with Crippen molar-refractivity contribution in [3.8, 4) is 11.3 Å². The first-order valence-electron chi connectivity index (χ1n) is 13.1. The van der Waals surface area contributed by atoms with E-state index >= 15 is 0 Å². The molecule has 10 nitrogen and oxygen atoms in total. The second-order valence-corrected chi connectivity index (χ2v) is 9.96. The van der Waals surface area contributed by atoms with Crippen LogP contribution in [0.15, 0.2) is 54.9 Å². The molecule has 2 aromatic carbocycles. The Morgan fingerprint density at radius 1 is 1.00 bits per heavy atom. The van der Waals surface area contributed by atoms with Crippen LogP contribution in [0.5, 0.6) is 0 Å². The SMILES string of the molecule is C[C@H]1O[C@@H](n2nc(-c3ccc(CCN4CCOCC4)cc3)c3c(Nc4ccc(F)cc4)ncnc32)[C@H](O)[C@@H]1O. The monoisotopic (exact) mass is 534 g/mol. The Morgan fingerprint density at radius 2 is 1.74 bits per heavy atom. The predicted octanol–water partition coefficient (Wildman–Crippen LogP) is 2.89. The molecule has 0 unspecified atom stereocenters. The van der Waals surface area contributed by atoms with E-state index in [9.17, 15) is 14.6 Å². The minimum atomic E-state index is -1.18. The van der Waals surface area contributed by atoms with E-state index in [0.29, 0.717) is 28.2 Å². The van der Waals surface area contributed by atoms with Gasteiger partial charge < -0.3 is 25.0 Å². The fourth-order valence-corrected chi connectivity index (χ4v) is 5.09. The Morgan fingerprint density at radius 3 is 2.44 bits per heavy atom. The summed E-state index contributed by atoms with van der Waals surface area (Å²) >= 11 is 0. The first kappa shape index (κ1) is 25.8. The highest BCUT2D eigenvalue weighted by molar-refractivity contribution is 6.00. The molecule has 4 heterocycles. The lowest BCUT2D eigenvalue weighted by Gasteiger charge is -2.26. The molecule has 2 saturated heterocycles. The highest BCUT2D eigenvalue weighted by Gasteiger charge is 2.43. The number of nitrogens with zero attached hydrogens (tertiary/aromatic N) is 5. The average Bonchev–Trinajstić information content (AvgIpc) is 3.47. The Balaban J connectivity index is 1.37. The molecule has 2 aliphatic heterocycles. The normalized spacial score (nSPS) is 23.9. The maximum Gasteiger partial charge on any atom is 0.181 e. The first-order valence-corrected chi connectivity index (χ1v) is 13.1. The van der Waals surface area contributed by atoms with Crippen LogP contribution < -0.4 is 5.32 Å². The van der Waals surface area contributed by atoms with Gasteiger partial charge in [0.15, 0.2) is 11.9 Å². The van der Waals surface area contributed by atoms with Crippen molar-refractivity contribution in [2.24, 2.45) is 0 Å². The molecule has 0 saturated carbocycles. The molecule has 2 aromatic heterocycles. The van der Waals surface area contributed by atoms with Crippen molar-refractivity contribution in [3.63, 3.8) is 0 Å². The van der Waals surface area contributed by atoms with Gasteiger partial charge in [0.2, 0.25) is 0 Å². The zero-order valence-electron chi connectivity index (χ0n) is 21.6. The number of halogens is 1. The summed E-state index contributed by atoms with van der Waals surface area (Å²) in [4.78, 5) is 11.3. The Hall–Kier alpha value is -3.48. The molecule has 4 aromatic rings. The lowest BCUT2D eigenvalue weighted by molar-refractivity contribution is -0.0370. The number of rotatable bonds is 7. The first-order chi connectivity index (χ1) is 19.0. The minimum absolute atomic E-state index is 0.337. The molecule has 0 amide bonds. The van der Waals surface area contributed by atoms with Crippen LogP contribution in [0.25, 0.3) is 22.3 Å². The maximum absolute atomic E-state index is 13.5. The van der Waals surface area contributed by atoms with E-state index in [-0.39, 0.29) is 5.82 Å². The van der Waals surface area contributed by atoms with Gasteiger partial charge in [0.1, 0.15) is 35.9 Å². The fourth-order valence-electron chi connectivity index (χ4n) is 5.09. The van der Waals surface area contributed by atoms with Crippen LogP contribution in [0.1, 0.15) is 18.7 Å². The van der Waals surface area contributed by atoms with Crippen LogP contribution in [0.2, 0.25) is 0 Å². The summed E-state index contributed by atoms with van der Waals surface area (Å²) in [5, 5.41) is 29.7. The second-order valence-electron chi connectivity index (χ2n) is 9.96. The number of hydrogen-bond acceptors (Lipinski definition) is 9. The van der Waals surface area contributed by atoms with Gasteiger partial charge >= 0.3 is 0 Å². The Bertz CT molecular complexity index is 1420. The van der Waals surface area contributed by atoms with Gasteiger partial charge in [0, 0.05) is 30.9 Å². The van der Waals surface area contributed by atoms with Gasteiger partial charge in [-0.15, -0.1) is 0 Å². The number of anilines is 2. The highest BCUT2D eigenvalue weighted by atomic mass is 19.1. The van der Waals surface area contributed by atoms with Gasteiger partial charge in [-0.3, -0.25) is 4.90 Å². The van der Waals surface area contributed by atoms with E-state index in [4.69, 9.17) is 14.6 Å². The standard InChI is InChI=1S/C28H31FN6O4/c1-17-24(36)25(37)28(39-17)35-27-22(26(30-16-31-27)32-21-8-6-20(29)7-9-21)23(33-35)19-4-2-18(3-5-19)10-11-34-12-14-38-15-13-34/h2-9,16-17,24-25,28,36-37H,10-15H2,1H3,(H,30,31,32)/t17-,24-,25-,28-/m1/s1. The van der Waals surface area contributed by atoms with Crippen molar-refractivity contribution in [1.29, 1.82) is 0 Å². The zero-order chi connectivity index (χ0) is 26.9. The van der Waals surface area contributed by atoms with Gasteiger partial charge in [-0.2, -0.15) is 5.10 Å². The van der Waals surface area contributed by atoms with Crippen molar-refractivity contribution in [1.82, 2.24) is 24.6 Å². The molecule has 0 radical (unpaired) electrons. The smallest absolute Gasteiger partial charge is 0.181 e. The number of aliphatic hydroxyl groups excluding tert-OH is 2. The predicted molar refractivity (Wildman–Crippen MR) is 143 cm³/mol. The van der Waals surface area contributed by atoms with Gasteiger partial charge in [-0.1, -0.05) is 24.3 Å². The largest absolute Gasteiger partial charge is 0.388 e. The number of ether oxygens (including phenoxy) is 2. The molecule has 39 heavy (non-hydrogen) atoms. The van der Waals surface area contributed by atoms with Crippen LogP contribution in [0.4, 0.5) is 15.9 Å². The van der Waals surface area contributed by atoms with Crippen molar-refractivity contribution in [3.05, 3.63) is 66.2 Å². The van der Waals surface area contributed by atoms with E-state index in [1.807, 2.05) is 12.1 Å². The van der Waals surface area contributed by atoms with Crippen LogP contribution in [-0.4, -0.2) is 86.0 Å². The van der Waals surface area contributed by atoms with Crippen LogP contribution in [0, 0.1) is 5.82 Å². The van der Waals surface area contributed by atoms with Crippen LogP contribution >= 0.6 is 0 Å². The van der Waals surface area contributed by atoms with E-state index in [1.54, 1.807) is 19.1 Å². The highest BCUT2D eigenvalue weighted by Crippen LogP contribution is 2.37. The molecule has 0 spiro atoms. The second kappa shape index (κ2) is 10.9. The summed E-state index contributed by atoms with van der Waals surface area (Å²) in [6, 6.07) is 14.2. The number of benzene rings is 2. The lowest BCUT2D eigenvalue weighted by Crippen LogP contribution is -2.37. The van der Waals surface area contributed by atoms with Crippen LogP contribution in [0.3, 0.4) is 0 Å². The molecule has 3 N–H and O–H groups in total.